The van der Waals surface area contributed by atoms with Gasteiger partial charge in [-0.1, -0.05) is 11.8 Å². The zero-order valence-corrected chi connectivity index (χ0v) is 18.7. The van der Waals surface area contributed by atoms with Gasteiger partial charge in [0.25, 0.3) is 0 Å². The van der Waals surface area contributed by atoms with Crippen LogP contribution in [-0.4, -0.2) is 63.8 Å². The van der Waals surface area contributed by atoms with Crippen LogP contribution >= 0.6 is 23.4 Å². The number of likely N-dealkylation sites (tertiary alicyclic amines) is 1. The van der Waals surface area contributed by atoms with Gasteiger partial charge in [0.2, 0.25) is 5.91 Å². The fourth-order valence-corrected chi connectivity index (χ4v) is 4.43. The van der Waals surface area contributed by atoms with Crippen LogP contribution in [0.1, 0.15) is 47.0 Å². The molecule has 0 atom stereocenters. The standard InChI is InChI=1S/C19H29BClN3O3S/c1-18(2)19(3,4)27-20(26-18)15-12-22-17(23-13-15)28-10-7-14-5-8-24(9-6-14)16(25)11-21/h12-14H,5-11H2,1-4H3. The Balaban J connectivity index is 1.43. The largest absolute Gasteiger partial charge is 0.498 e. The third-order valence-electron chi connectivity index (χ3n) is 6.01. The van der Waals surface area contributed by atoms with E-state index in [4.69, 9.17) is 20.9 Å². The van der Waals surface area contributed by atoms with E-state index in [0.717, 1.165) is 48.7 Å². The van der Waals surface area contributed by atoms with E-state index in [9.17, 15) is 4.79 Å². The van der Waals surface area contributed by atoms with Crippen molar-refractivity contribution in [3.05, 3.63) is 12.4 Å². The van der Waals surface area contributed by atoms with Crippen LogP contribution in [0, 0.1) is 5.92 Å². The molecule has 2 aliphatic heterocycles. The van der Waals surface area contributed by atoms with Crippen molar-refractivity contribution in [2.45, 2.75) is 63.3 Å². The number of hydrogen-bond donors (Lipinski definition) is 0. The first-order valence-electron chi connectivity index (χ1n) is 9.86. The highest BCUT2D eigenvalue weighted by Crippen LogP contribution is 2.36. The van der Waals surface area contributed by atoms with Crippen LogP contribution in [0.15, 0.2) is 17.6 Å². The first-order chi connectivity index (χ1) is 13.2. The minimum absolute atomic E-state index is 0.0463. The number of amides is 1. The van der Waals surface area contributed by atoms with E-state index in [-0.39, 0.29) is 23.0 Å². The summed E-state index contributed by atoms with van der Waals surface area (Å²) in [5, 5.41) is 0.773. The predicted octanol–water partition coefficient (Wildman–Crippen LogP) is 2.74. The van der Waals surface area contributed by atoms with Crippen molar-refractivity contribution in [3.8, 4) is 0 Å². The number of alkyl halides is 1. The van der Waals surface area contributed by atoms with E-state index >= 15 is 0 Å². The fraction of sp³-hybridized carbons (Fsp3) is 0.737. The molecule has 0 bridgehead atoms. The molecule has 1 aromatic heterocycles. The first-order valence-corrected chi connectivity index (χ1v) is 11.4. The molecule has 154 valence electrons. The highest BCUT2D eigenvalue weighted by atomic mass is 35.5. The highest BCUT2D eigenvalue weighted by Gasteiger charge is 2.51. The molecule has 9 heteroatoms. The maximum atomic E-state index is 11.6. The summed E-state index contributed by atoms with van der Waals surface area (Å²) in [7, 11) is -0.426. The van der Waals surface area contributed by atoms with Crippen LogP contribution in [0.25, 0.3) is 0 Å². The SMILES string of the molecule is CC1(C)OB(c2cnc(SCCC3CCN(C(=O)CCl)CC3)nc2)OC1(C)C. The topological polar surface area (TPSA) is 64.5 Å². The van der Waals surface area contributed by atoms with E-state index in [1.807, 2.05) is 32.6 Å². The predicted molar refractivity (Wildman–Crippen MR) is 113 cm³/mol. The van der Waals surface area contributed by atoms with Crippen LogP contribution in [0.3, 0.4) is 0 Å². The Kier molecular flexibility index (Phi) is 6.95. The van der Waals surface area contributed by atoms with Gasteiger partial charge >= 0.3 is 7.12 Å². The second-order valence-electron chi connectivity index (χ2n) is 8.48. The molecule has 2 saturated heterocycles. The highest BCUT2D eigenvalue weighted by molar-refractivity contribution is 7.99. The summed E-state index contributed by atoms with van der Waals surface area (Å²) < 4.78 is 12.1. The molecule has 0 aromatic carbocycles. The smallest absolute Gasteiger partial charge is 0.399 e. The Morgan fingerprint density at radius 3 is 2.32 bits per heavy atom. The monoisotopic (exact) mass is 425 g/mol. The van der Waals surface area contributed by atoms with Gasteiger partial charge in [-0.05, 0) is 52.9 Å². The number of halogens is 1. The number of carbonyl (C=O) groups is 1. The number of rotatable bonds is 6. The van der Waals surface area contributed by atoms with Gasteiger partial charge in [-0.25, -0.2) is 9.97 Å². The summed E-state index contributed by atoms with van der Waals surface area (Å²) in [5.74, 6) is 1.75. The minimum atomic E-state index is -0.426. The van der Waals surface area contributed by atoms with Gasteiger partial charge in [0, 0.05) is 36.7 Å². The molecule has 1 amide bonds. The minimum Gasteiger partial charge on any atom is -0.399 e. The lowest BCUT2D eigenvalue weighted by molar-refractivity contribution is -0.129. The van der Waals surface area contributed by atoms with Crippen molar-refractivity contribution in [2.75, 3.05) is 24.7 Å². The van der Waals surface area contributed by atoms with Gasteiger partial charge < -0.3 is 14.2 Å². The van der Waals surface area contributed by atoms with Crippen molar-refractivity contribution in [1.29, 1.82) is 0 Å². The normalized spacial score (nSPS) is 21.9. The lowest BCUT2D eigenvalue weighted by Gasteiger charge is -2.32. The second kappa shape index (κ2) is 8.90. The van der Waals surface area contributed by atoms with Gasteiger partial charge in [-0.15, -0.1) is 11.6 Å². The molecule has 0 aliphatic carbocycles. The molecule has 3 rings (SSSR count). The molecule has 0 N–H and O–H groups in total. The molecule has 28 heavy (non-hydrogen) atoms. The summed E-state index contributed by atoms with van der Waals surface area (Å²) in [5.41, 5.74) is 0.115. The number of hydrogen-bond acceptors (Lipinski definition) is 6. The molecule has 0 unspecified atom stereocenters. The van der Waals surface area contributed by atoms with Crippen molar-refractivity contribution >= 4 is 41.9 Å². The lowest BCUT2D eigenvalue weighted by Crippen LogP contribution is -2.41. The maximum absolute atomic E-state index is 11.6. The summed E-state index contributed by atoms with van der Waals surface area (Å²) in [6, 6.07) is 0. The van der Waals surface area contributed by atoms with Crippen LogP contribution in [-0.2, 0) is 14.1 Å². The van der Waals surface area contributed by atoms with Crippen molar-refractivity contribution in [2.24, 2.45) is 5.92 Å². The van der Waals surface area contributed by atoms with Crippen molar-refractivity contribution < 1.29 is 14.1 Å². The van der Waals surface area contributed by atoms with Crippen molar-refractivity contribution in [3.63, 3.8) is 0 Å². The molecule has 3 heterocycles. The second-order valence-corrected chi connectivity index (χ2v) is 9.81. The zero-order valence-electron chi connectivity index (χ0n) is 17.1. The molecule has 6 nitrogen and oxygen atoms in total. The molecule has 2 aliphatic rings. The number of piperidine rings is 1. The molecule has 0 spiro atoms. The third-order valence-corrected chi connectivity index (χ3v) is 7.15. The van der Waals surface area contributed by atoms with Gasteiger partial charge in [0.1, 0.15) is 5.88 Å². The van der Waals surface area contributed by atoms with Gasteiger partial charge in [-0.3, -0.25) is 4.79 Å². The average Bonchev–Trinajstić information content (AvgIpc) is 2.89. The summed E-state index contributed by atoms with van der Waals surface area (Å²) in [4.78, 5) is 22.4. The Hall–Kier alpha value is -0.825. The summed E-state index contributed by atoms with van der Waals surface area (Å²) >= 11 is 7.30. The molecular weight excluding hydrogens is 397 g/mol. The molecule has 2 fully saturated rings. The number of carbonyl (C=O) groups excluding carboxylic acids is 1. The Labute approximate surface area is 177 Å². The number of thioether (sulfide) groups is 1. The molecular formula is C19H29BClN3O3S. The van der Waals surface area contributed by atoms with Crippen LogP contribution in [0.4, 0.5) is 0 Å². The molecule has 1 aromatic rings. The van der Waals surface area contributed by atoms with Crippen LogP contribution in [0.2, 0.25) is 0 Å². The van der Waals surface area contributed by atoms with Gasteiger partial charge in [-0.2, -0.15) is 0 Å². The average molecular weight is 426 g/mol. The molecule has 0 radical (unpaired) electrons. The number of aromatic nitrogens is 2. The molecule has 0 saturated carbocycles. The number of nitrogens with zero attached hydrogens (tertiary/aromatic N) is 3. The van der Waals surface area contributed by atoms with E-state index in [0.29, 0.717) is 5.92 Å². The Bertz CT molecular complexity index is 666. The summed E-state index contributed by atoms with van der Waals surface area (Å²) in [6.07, 6.45) is 6.80. The quantitative estimate of drug-likeness (QED) is 0.302. The van der Waals surface area contributed by atoms with E-state index in [2.05, 4.69) is 9.97 Å². The van der Waals surface area contributed by atoms with E-state index < -0.39 is 7.12 Å². The maximum Gasteiger partial charge on any atom is 0.498 e. The first kappa shape index (κ1) is 21.9. The lowest BCUT2D eigenvalue weighted by atomic mass is 9.81. The van der Waals surface area contributed by atoms with E-state index in [1.165, 1.54) is 0 Å². The van der Waals surface area contributed by atoms with Crippen molar-refractivity contribution in [1.82, 2.24) is 14.9 Å². The Morgan fingerprint density at radius 2 is 1.79 bits per heavy atom. The van der Waals surface area contributed by atoms with Crippen LogP contribution in [0.5, 0.6) is 0 Å². The third kappa shape index (κ3) is 5.01. The fourth-order valence-electron chi connectivity index (χ4n) is 3.37. The zero-order chi connectivity index (χ0) is 20.4. The van der Waals surface area contributed by atoms with Gasteiger partial charge in [0.15, 0.2) is 5.16 Å². The van der Waals surface area contributed by atoms with Gasteiger partial charge in [0.05, 0.1) is 11.2 Å². The van der Waals surface area contributed by atoms with Crippen LogP contribution < -0.4 is 5.46 Å². The Morgan fingerprint density at radius 1 is 1.21 bits per heavy atom. The van der Waals surface area contributed by atoms with E-state index in [1.54, 1.807) is 24.2 Å². The summed E-state index contributed by atoms with van der Waals surface area (Å²) in [6.45, 7) is 9.78.